The molecule has 5 heteroatoms. The molecule has 0 aliphatic carbocycles. The number of halogens is 2. The van der Waals surface area contributed by atoms with Crippen LogP contribution in [-0.2, 0) is 0 Å². The molecule has 1 aromatic carbocycles. The van der Waals surface area contributed by atoms with Gasteiger partial charge in [-0.3, -0.25) is 4.79 Å². The first-order chi connectivity index (χ1) is 9.99. The Kier molecular flexibility index (Phi) is 6.26. The summed E-state index contributed by atoms with van der Waals surface area (Å²) in [5.41, 5.74) is 0.737. The van der Waals surface area contributed by atoms with E-state index in [1.807, 2.05) is 23.1 Å². The van der Waals surface area contributed by atoms with E-state index in [-0.39, 0.29) is 11.9 Å². The lowest BCUT2D eigenvalue weighted by atomic mass is 9.96. The van der Waals surface area contributed by atoms with Crippen molar-refractivity contribution in [2.24, 2.45) is 5.92 Å². The third-order valence-electron chi connectivity index (χ3n) is 3.96. The quantitative estimate of drug-likeness (QED) is 0.800. The molecule has 1 N–H and O–H groups in total. The average molecular weight is 418 g/mol. The number of nitrogens with one attached hydrogen (secondary N) is 1. The minimum Gasteiger partial charge on any atom is -0.336 e. The van der Waals surface area contributed by atoms with Crippen LogP contribution >= 0.6 is 31.9 Å². The summed E-state index contributed by atoms with van der Waals surface area (Å²) in [6.07, 6.45) is 2.30. The van der Waals surface area contributed by atoms with Gasteiger partial charge in [-0.15, -0.1) is 0 Å². The Morgan fingerprint density at radius 2 is 2.00 bits per heavy atom. The van der Waals surface area contributed by atoms with Gasteiger partial charge in [0.15, 0.2) is 0 Å². The Morgan fingerprint density at radius 1 is 1.33 bits per heavy atom. The van der Waals surface area contributed by atoms with E-state index in [4.69, 9.17) is 0 Å². The van der Waals surface area contributed by atoms with Gasteiger partial charge in [0.25, 0.3) is 5.91 Å². The van der Waals surface area contributed by atoms with Crippen molar-refractivity contribution in [3.05, 3.63) is 32.7 Å². The monoisotopic (exact) mass is 416 g/mol. The normalized spacial score (nSPS) is 16.2. The standard InChI is InChI=1S/C16H22Br2N2O/c1-11(2)20(10-12-5-7-19-8-6-12)16(21)14-4-3-13(17)9-15(14)18/h3-4,9,11-12,19H,5-8,10H2,1-2H3. The maximum absolute atomic E-state index is 12.9. The average Bonchev–Trinajstić information content (AvgIpc) is 2.45. The van der Waals surface area contributed by atoms with Crippen LogP contribution in [-0.4, -0.2) is 36.5 Å². The van der Waals surface area contributed by atoms with Crippen LogP contribution in [0.25, 0.3) is 0 Å². The first-order valence-corrected chi connectivity index (χ1v) is 9.04. The molecule has 0 radical (unpaired) electrons. The molecule has 0 atom stereocenters. The Labute approximate surface area is 143 Å². The molecule has 0 aromatic heterocycles. The fourth-order valence-electron chi connectivity index (χ4n) is 2.69. The molecule has 1 aliphatic rings. The molecular formula is C16H22Br2N2O. The number of piperidine rings is 1. The highest BCUT2D eigenvalue weighted by atomic mass is 79.9. The van der Waals surface area contributed by atoms with Crippen molar-refractivity contribution in [3.8, 4) is 0 Å². The van der Waals surface area contributed by atoms with Gasteiger partial charge in [-0.2, -0.15) is 0 Å². The number of benzene rings is 1. The number of rotatable bonds is 4. The number of amides is 1. The Hall–Kier alpha value is -0.390. The zero-order chi connectivity index (χ0) is 15.4. The topological polar surface area (TPSA) is 32.3 Å². The summed E-state index contributed by atoms with van der Waals surface area (Å²) < 4.78 is 1.82. The largest absolute Gasteiger partial charge is 0.336 e. The van der Waals surface area contributed by atoms with Crippen LogP contribution < -0.4 is 5.32 Å². The fraction of sp³-hybridized carbons (Fsp3) is 0.562. The van der Waals surface area contributed by atoms with Crippen molar-refractivity contribution in [1.29, 1.82) is 0 Å². The van der Waals surface area contributed by atoms with Crippen molar-refractivity contribution in [2.45, 2.75) is 32.7 Å². The lowest BCUT2D eigenvalue weighted by molar-refractivity contribution is 0.0657. The number of carbonyl (C=O) groups excluding carboxylic acids is 1. The minimum atomic E-state index is 0.114. The molecule has 116 valence electrons. The third kappa shape index (κ3) is 4.54. The molecule has 0 spiro atoms. The van der Waals surface area contributed by atoms with Crippen LogP contribution in [0.5, 0.6) is 0 Å². The summed E-state index contributed by atoms with van der Waals surface area (Å²) in [6, 6.07) is 5.94. The molecule has 0 bridgehead atoms. The first-order valence-electron chi connectivity index (χ1n) is 7.45. The van der Waals surface area contributed by atoms with E-state index in [2.05, 4.69) is 51.0 Å². The Balaban J connectivity index is 2.14. The van der Waals surface area contributed by atoms with Crippen molar-refractivity contribution in [2.75, 3.05) is 19.6 Å². The van der Waals surface area contributed by atoms with E-state index in [1.165, 1.54) is 0 Å². The number of nitrogens with zero attached hydrogens (tertiary/aromatic N) is 1. The molecule has 1 saturated heterocycles. The van der Waals surface area contributed by atoms with Crippen molar-refractivity contribution >= 4 is 37.8 Å². The highest BCUT2D eigenvalue weighted by Gasteiger charge is 2.25. The lowest BCUT2D eigenvalue weighted by Gasteiger charge is -2.33. The van der Waals surface area contributed by atoms with Gasteiger partial charge in [0, 0.05) is 21.5 Å². The summed E-state index contributed by atoms with van der Waals surface area (Å²) in [5, 5.41) is 3.38. The van der Waals surface area contributed by atoms with Crippen molar-refractivity contribution in [1.82, 2.24) is 10.2 Å². The number of hydrogen-bond acceptors (Lipinski definition) is 2. The van der Waals surface area contributed by atoms with E-state index in [1.54, 1.807) is 0 Å². The van der Waals surface area contributed by atoms with Gasteiger partial charge in [-0.25, -0.2) is 0 Å². The molecule has 2 rings (SSSR count). The summed E-state index contributed by atoms with van der Waals surface area (Å²) >= 11 is 6.93. The Morgan fingerprint density at radius 3 is 2.57 bits per heavy atom. The van der Waals surface area contributed by atoms with E-state index in [9.17, 15) is 4.79 Å². The predicted molar refractivity (Wildman–Crippen MR) is 93.6 cm³/mol. The summed E-state index contributed by atoms with van der Waals surface area (Å²) in [6.45, 7) is 7.15. The van der Waals surface area contributed by atoms with Crippen LogP contribution in [0.3, 0.4) is 0 Å². The molecule has 1 heterocycles. The molecule has 0 saturated carbocycles. The van der Waals surface area contributed by atoms with Crippen LogP contribution in [0.4, 0.5) is 0 Å². The molecule has 1 aromatic rings. The van der Waals surface area contributed by atoms with E-state index in [0.29, 0.717) is 5.92 Å². The van der Waals surface area contributed by atoms with Crippen LogP contribution in [0.15, 0.2) is 27.1 Å². The zero-order valence-electron chi connectivity index (χ0n) is 12.5. The molecule has 1 aliphatic heterocycles. The van der Waals surface area contributed by atoms with Gasteiger partial charge in [0.1, 0.15) is 0 Å². The van der Waals surface area contributed by atoms with Gasteiger partial charge in [0.05, 0.1) is 5.56 Å². The van der Waals surface area contributed by atoms with Crippen molar-refractivity contribution in [3.63, 3.8) is 0 Å². The smallest absolute Gasteiger partial charge is 0.255 e. The van der Waals surface area contributed by atoms with Crippen LogP contribution in [0, 0.1) is 5.92 Å². The van der Waals surface area contributed by atoms with Gasteiger partial charge >= 0.3 is 0 Å². The predicted octanol–water partition coefficient (Wildman–Crippen LogP) is 4.06. The second-order valence-corrected chi connectivity index (χ2v) is 7.64. The van der Waals surface area contributed by atoms with Crippen LogP contribution in [0.1, 0.15) is 37.0 Å². The molecule has 1 fully saturated rings. The van der Waals surface area contributed by atoms with Gasteiger partial charge in [-0.1, -0.05) is 15.9 Å². The van der Waals surface area contributed by atoms with E-state index < -0.39 is 0 Å². The maximum Gasteiger partial charge on any atom is 0.255 e. The summed E-state index contributed by atoms with van der Waals surface area (Å²) in [7, 11) is 0. The van der Waals surface area contributed by atoms with E-state index in [0.717, 1.165) is 47.0 Å². The first kappa shape index (κ1) is 17.0. The van der Waals surface area contributed by atoms with Gasteiger partial charge in [-0.05, 0) is 79.8 Å². The minimum absolute atomic E-state index is 0.114. The van der Waals surface area contributed by atoms with Crippen LogP contribution in [0.2, 0.25) is 0 Å². The lowest BCUT2D eigenvalue weighted by Crippen LogP contribution is -2.43. The SMILES string of the molecule is CC(C)N(CC1CCNCC1)C(=O)c1ccc(Br)cc1Br. The molecule has 0 unspecified atom stereocenters. The second kappa shape index (κ2) is 7.75. The number of hydrogen-bond donors (Lipinski definition) is 1. The second-order valence-electron chi connectivity index (χ2n) is 5.87. The van der Waals surface area contributed by atoms with Gasteiger partial charge in [0.2, 0.25) is 0 Å². The fourth-order valence-corrected chi connectivity index (χ4v) is 3.90. The van der Waals surface area contributed by atoms with E-state index >= 15 is 0 Å². The van der Waals surface area contributed by atoms with Gasteiger partial charge < -0.3 is 10.2 Å². The molecule has 1 amide bonds. The zero-order valence-corrected chi connectivity index (χ0v) is 15.7. The number of carbonyl (C=O) groups is 1. The summed E-state index contributed by atoms with van der Waals surface area (Å²) in [5.74, 6) is 0.717. The van der Waals surface area contributed by atoms with Crippen molar-refractivity contribution < 1.29 is 4.79 Å². The molecule has 21 heavy (non-hydrogen) atoms. The molecule has 3 nitrogen and oxygen atoms in total. The summed E-state index contributed by atoms with van der Waals surface area (Å²) in [4.78, 5) is 14.9. The third-order valence-corrected chi connectivity index (χ3v) is 5.11. The Bertz CT molecular complexity index is 499. The molecular weight excluding hydrogens is 396 g/mol. The highest BCUT2D eigenvalue weighted by Crippen LogP contribution is 2.25. The highest BCUT2D eigenvalue weighted by molar-refractivity contribution is 9.11. The maximum atomic E-state index is 12.9.